The van der Waals surface area contributed by atoms with E-state index in [2.05, 4.69) is 5.43 Å². The number of aliphatic hydroxyl groups is 1. The Kier molecular flexibility index (Phi) is 4.75. The Morgan fingerprint density at radius 2 is 1.95 bits per heavy atom. The number of carbonyl (C=O) groups excluding carboxylic acids is 1. The van der Waals surface area contributed by atoms with Gasteiger partial charge >= 0.3 is 12.1 Å². The molecule has 0 radical (unpaired) electrons. The second-order valence-corrected chi connectivity index (χ2v) is 5.82. The molecule has 1 fully saturated rings. The molecule has 2 unspecified atom stereocenters. The third kappa shape index (κ3) is 4.36. The van der Waals surface area contributed by atoms with Crippen molar-refractivity contribution in [3.05, 3.63) is 0 Å². The molecule has 0 aromatic rings. The van der Waals surface area contributed by atoms with E-state index < -0.39 is 29.7 Å². The smallest absolute Gasteiger partial charge is 0.421 e. The lowest BCUT2D eigenvalue weighted by atomic mass is 9.89. The molecule has 1 amide bonds. The van der Waals surface area contributed by atoms with E-state index in [1.54, 1.807) is 27.7 Å². The maximum Gasteiger partial charge on any atom is 0.421 e. The number of nitrogens with one attached hydrogen (secondary N) is 1. The quantitative estimate of drug-likeness (QED) is 0.600. The number of β-amino-alcohol motifs (C(OH)–C–C–N with tert-alkyl or cyclic N) is 1. The minimum Gasteiger partial charge on any atom is -0.464 e. The molecule has 19 heavy (non-hydrogen) atoms. The summed E-state index contributed by atoms with van der Waals surface area (Å²) in [6.07, 6.45) is -2.10. The Morgan fingerprint density at radius 3 is 2.42 bits per heavy atom. The van der Waals surface area contributed by atoms with Crippen LogP contribution in [0, 0.1) is 11.8 Å². The van der Waals surface area contributed by atoms with E-state index in [1.165, 1.54) is 0 Å². The lowest BCUT2D eigenvalue weighted by Crippen LogP contribution is -2.45. The van der Waals surface area contributed by atoms with E-state index in [9.17, 15) is 14.7 Å². The standard InChI is InChI=1S/C12H22N2O5/c1-7-8(10(16)19-12(2,3)4)5-13-14(11(17)18)6-9(7)15/h7-9,13,15H,5-6H2,1-4H3,(H,17,18)/t7-,8?,9?/m1/s1. The second-order valence-electron chi connectivity index (χ2n) is 5.82. The van der Waals surface area contributed by atoms with Gasteiger partial charge in [-0.25, -0.2) is 15.2 Å². The van der Waals surface area contributed by atoms with Crippen LogP contribution in [0.4, 0.5) is 4.79 Å². The van der Waals surface area contributed by atoms with Crippen molar-refractivity contribution >= 4 is 12.1 Å². The van der Waals surface area contributed by atoms with Crippen molar-refractivity contribution in [1.82, 2.24) is 10.4 Å². The molecule has 1 aliphatic heterocycles. The Hall–Kier alpha value is -1.34. The van der Waals surface area contributed by atoms with Crippen LogP contribution in [0.1, 0.15) is 27.7 Å². The Bertz CT molecular complexity index is 353. The predicted octanol–water partition coefficient (Wildman–Crippen LogP) is 0.439. The number of hydrogen-bond donors (Lipinski definition) is 3. The first-order valence-electron chi connectivity index (χ1n) is 6.26. The molecule has 0 aromatic heterocycles. The predicted molar refractivity (Wildman–Crippen MR) is 67.2 cm³/mol. The summed E-state index contributed by atoms with van der Waals surface area (Å²) in [7, 11) is 0. The van der Waals surface area contributed by atoms with Gasteiger partial charge in [-0.05, 0) is 26.7 Å². The summed E-state index contributed by atoms with van der Waals surface area (Å²) in [6.45, 7) is 7.06. The summed E-state index contributed by atoms with van der Waals surface area (Å²) in [4.78, 5) is 23.0. The van der Waals surface area contributed by atoms with Crippen molar-refractivity contribution in [3.63, 3.8) is 0 Å². The fourth-order valence-corrected chi connectivity index (χ4v) is 1.90. The van der Waals surface area contributed by atoms with Crippen LogP contribution in [0.2, 0.25) is 0 Å². The zero-order chi connectivity index (χ0) is 14.8. The molecule has 1 rings (SSSR count). The number of hydrazine groups is 1. The van der Waals surface area contributed by atoms with Crippen molar-refractivity contribution in [2.45, 2.75) is 39.4 Å². The van der Waals surface area contributed by atoms with Gasteiger partial charge in [0.05, 0.1) is 18.6 Å². The molecule has 1 aliphatic rings. The molecule has 3 atom stereocenters. The zero-order valence-corrected chi connectivity index (χ0v) is 11.7. The monoisotopic (exact) mass is 274 g/mol. The van der Waals surface area contributed by atoms with E-state index >= 15 is 0 Å². The molecule has 7 heteroatoms. The highest BCUT2D eigenvalue weighted by molar-refractivity contribution is 5.74. The van der Waals surface area contributed by atoms with Gasteiger partial charge in [0.2, 0.25) is 0 Å². The van der Waals surface area contributed by atoms with E-state index in [1.807, 2.05) is 0 Å². The summed E-state index contributed by atoms with van der Waals surface area (Å²) in [5.74, 6) is -1.40. The second kappa shape index (κ2) is 5.75. The first kappa shape index (κ1) is 15.7. The van der Waals surface area contributed by atoms with Crippen LogP contribution < -0.4 is 5.43 Å². The third-order valence-corrected chi connectivity index (χ3v) is 3.05. The van der Waals surface area contributed by atoms with Gasteiger partial charge in [0, 0.05) is 6.54 Å². The normalized spacial score (nSPS) is 28.7. The molecular weight excluding hydrogens is 252 g/mol. The van der Waals surface area contributed by atoms with Gasteiger partial charge in [-0.2, -0.15) is 0 Å². The van der Waals surface area contributed by atoms with Crippen LogP contribution in [0.3, 0.4) is 0 Å². The minimum atomic E-state index is -1.18. The molecule has 1 heterocycles. The average molecular weight is 274 g/mol. The SMILES string of the molecule is C[C@H]1C(O)CN(C(=O)O)NCC1C(=O)OC(C)(C)C. The van der Waals surface area contributed by atoms with Gasteiger partial charge in [-0.3, -0.25) is 4.79 Å². The first-order valence-corrected chi connectivity index (χ1v) is 6.26. The summed E-state index contributed by atoms with van der Waals surface area (Å²) >= 11 is 0. The number of rotatable bonds is 1. The molecule has 110 valence electrons. The highest BCUT2D eigenvalue weighted by Crippen LogP contribution is 2.23. The highest BCUT2D eigenvalue weighted by atomic mass is 16.6. The summed E-state index contributed by atoms with van der Waals surface area (Å²) in [6, 6.07) is 0. The molecule has 0 bridgehead atoms. The molecule has 7 nitrogen and oxygen atoms in total. The van der Waals surface area contributed by atoms with Gasteiger partial charge in [0.1, 0.15) is 5.60 Å². The molecule has 1 saturated heterocycles. The summed E-state index contributed by atoms with van der Waals surface area (Å²) in [5, 5.41) is 19.8. The van der Waals surface area contributed by atoms with Crippen molar-refractivity contribution in [3.8, 4) is 0 Å². The fraction of sp³-hybridized carbons (Fsp3) is 0.833. The molecule has 0 aromatic carbocycles. The van der Waals surface area contributed by atoms with Gasteiger partial charge < -0.3 is 14.9 Å². The largest absolute Gasteiger partial charge is 0.464 e. The number of carboxylic acid groups (broad SMARTS) is 1. The average Bonchev–Trinajstić information content (AvgIpc) is 2.37. The van der Waals surface area contributed by atoms with Crippen LogP contribution in [0.5, 0.6) is 0 Å². The third-order valence-electron chi connectivity index (χ3n) is 3.05. The Morgan fingerprint density at radius 1 is 1.37 bits per heavy atom. The van der Waals surface area contributed by atoms with Crippen LogP contribution in [-0.4, -0.2) is 52.1 Å². The number of aliphatic hydroxyl groups excluding tert-OH is 1. The molecular formula is C12H22N2O5. The van der Waals surface area contributed by atoms with Gasteiger partial charge in [-0.1, -0.05) is 6.92 Å². The molecule has 0 aliphatic carbocycles. The number of carbonyl (C=O) groups is 2. The van der Waals surface area contributed by atoms with Crippen LogP contribution in [0.15, 0.2) is 0 Å². The maximum absolute atomic E-state index is 12.1. The number of hydrogen-bond acceptors (Lipinski definition) is 5. The van der Waals surface area contributed by atoms with Crippen molar-refractivity contribution in [2.75, 3.05) is 13.1 Å². The summed E-state index contributed by atoms with van der Waals surface area (Å²) < 4.78 is 5.29. The number of ether oxygens (including phenoxy) is 1. The molecule has 0 saturated carbocycles. The lowest BCUT2D eigenvalue weighted by Gasteiger charge is -2.27. The molecule has 3 N–H and O–H groups in total. The van der Waals surface area contributed by atoms with Crippen LogP contribution in [-0.2, 0) is 9.53 Å². The summed E-state index contributed by atoms with van der Waals surface area (Å²) in [5.41, 5.74) is 2.02. The van der Waals surface area contributed by atoms with E-state index in [4.69, 9.17) is 9.84 Å². The topological polar surface area (TPSA) is 99.1 Å². The van der Waals surface area contributed by atoms with E-state index in [0.29, 0.717) is 0 Å². The highest BCUT2D eigenvalue weighted by Gasteiger charge is 2.37. The Balaban J connectivity index is 2.78. The van der Waals surface area contributed by atoms with Gasteiger partial charge in [0.25, 0.3) is 0 Å². The zero-order valence-electron chi connectivity index (χ0n) is 11.7. The van der Waals surface area contributed by atoms with Crippen LogP contribution in [0.25, 0.3) is 0 Å². The van der Waals surface area contributed by atoms with E-state index in [0.717, 1.165) is 5.01 Å². The Labute approximate surface area is 112 Å². The number of amides is 1. The number of nitrogens with zero attached hydrogens (tertiary/aromatic N) is 1. The number of esters is 1. The first-order chi connectivity index (χ1) is 8.61. The van der Waals surface area contributed by atoms with Crippen molar-refractivity contribution in [1.29, 1.82) is 0 Å². The van der Waals surface area contributed by atoms with Crippen molar-refractivity contribution in [2.24, 2.45) is 11.8 Å². The minimum absolute atomic E-state index is 0.0736. The molecule has 0 spiro atoms. The van der Waals surface area contributed by atoms with E-state index in [-0.39, 0.29) is 19.0 Å². The van der Waals surface area contributed by atoms with Gasteiger partial charge in [0.15, 0.2) is 0 Å². The van der Waals surface area contributed by atoms with Crippen molar-refractivity contribution < 1.29 is 24.5 Å². The van der Waals surface area contributed by atoms with Crippen LogP contribution >= 0.6 is 0 Å². The fourth-order valence-electron chi connectivity index (χ4n) is 1.90. The lowest BCUT2D eigenvalue weighted by molar-refractivity contribution is -0.162. The maximum atomic E-state index is 12.1. The van der Waals surface area contributed by atoms with Gasteiger partial charge in [-0.15, -0.1) is 0 Å².